The third-order valence-corrected chi connectivity index (χ3v) is 1.50. The fourth-order valence-electron chi connectivity index (χ4n) is 0.384. The van der Waals surface area contributed by atoms with E-state index in [0.717, 1.165) is 11.5 Å². The van der Waals surface area contributed by atoms with E-state index in [1.165, 1.54) is 0 Å². The molecule has 10 heavy (non-hydrogen) atoms. The van der Waals surface area contributed by atoms with Gasteiger partial charge in [-0.15, -0.1) is 0 Å². The molecule has 4 nitrogen and oxygen atoms in total. The molecule has 0 radical (unpaired) electrons. The van der Waals surface area contributed by atoms with Crippen LogP contribution in [0.4, 0.5) is 0 Å². The molecule has 1 aromatic heterocycles. The summed E-state index contributed by atoms with van der Waals surface area (Å²) in [6.07, 6.45) is 0. The molecule has 0 spiro atoms. The second-order valence-corrected chi connectivity index (χ2v) is 2.20. The number of carboxylic acid groups (broad SMARTS) is 1. The van der Waals surface area contributed by atoms with Gasteiger partial charge in [0.1, 0.15) is 5.82 Å². The topological polar surface area (TPSA) is 63.1 Å². The van der Waals surface area contributed by atoms with Gasteiger partial charge in [-0.3, -0.25) is 0 Å². The Hall–Kier alpha value is 0.0300. The Balaban J connectivity index is 0.000000810. The first-order valence-electron chi connectivity index (χ1n) is 2.24. The van der Waals surface area contributed by atoms with Crippen molar-refractivity contribution in [2.45, 2.75) is 6.92 Å². The van der Waals surface area contributed by atoms with Gasteiger partial charge >= 0.3 is 35.5 Å². The van der Waals surface area contributed by atoms with Crippen LogP contribution in [0.25, 0.3) is 0 Å². The molecule has 1 N–H and O–H groups in total. The van der Waals surface area contributed by atoms with Crippen molar-refractivity contribution < 1.29 is 39.5 Å². The summed E-state index contributed by atoms with van der Waals surface area (Å²) in [4.78, 5) is 13.7. The fraction of sp³-hybridized carbons (Fsp3) is 0.250. The van der Waals surface area contributed by atoms with Crippen LogP contribution in [0, 0.1) is 6.92 Å². The molecule has 0 saturated carbocycles. The van der Waals surface area contributed by atoms with Crippen molar-refractivity contribution in [3.8, 4) is 0 Å². The summed E-state index contributed by atoms with van der Waals surface area (Å²) in [6.45, 7) is 1.66. The number of hydrogen-bond donors (Lipinski definition) is 1. The zero-order valence-corrected chi connectivity index (χ0v) is 8.47. The molecule has 0 fully saturated rings. The van der Waals surface area contributed by atoms with Gasteiger partial charge in [0.2, 0.25) is 5.01 Å². The van der Waals surface area contributed by atoms with E-state index < -0.39 is 5.97 Å². The fourth-order valence-corrected chi connectivity index (χ4v) is 0.894. The first-order valence-corrected chi connectivity index (χ1v) is 3.01. The predicted octanol–water partition coefficient (Wildman–Crippen LogP) is -2.45. The number of carbonyl (C=O) groups is 1. The van der Waals surface area contributed by atoms with E-state index in [-0.39, 0.29) is 34.6 Å². The summed E-state index contributed by atoms with van der Waals surface area (Å²) in [5, 5.41) is 8.35. The molecule has 0 aliphatic rings. The van der Waals surface area contributed by atoms with Gasteiger partial charge < -0.3 is 5.11 Å². The minimum Gasteiger partial charge on any atom is -0.476 e. The molecule has 0 aliphatic carbocycles. The van der Waals surface area contributed by atoms with Crippen molar-refractivity contribution >= 4 is 17.5 Å². The van der Waals surface area contributed by atoms with E-state index in [1.807, 2.05) is 0 Å². The van der Waals surface area contributed by atoms with Crippen molar-refractivity contribution in [2.75, 3.05) is 0 Å². The first kappa shape index (κ1) is 10.0. The smallest absolute Gasteiger partial charge is 0.476 e. The van der Waals surface area contributed by atoms with Crippen LogP contribution in [-0.4, -0.2) is 20.4 Å². The standard InChI is InChI=1S/C4H4N2O2S.Na/c1-2-5-3(4(7)8)9-6-2;/h1H3,(H,7,8);/q;+1. The van der Waals surface area contributed by atoms with Gasteiger partial charge in [0.05, 0.1) is 0 Å². The molecule has 0 amide bonds. The zero-order chi connectivity index (χ0) is 6.85. The van der Waals surface area contributed by atoms with E-state index in [1.54, 1.807) is 6.92 Å². The minimum absolute atomic E-state index is 0. The van der Waals surface area contributed by atoms with Crippen LogP contribution in [0.5, 0.6) is 0 Å². The van der Waals surface area contributed by atoms with E-state index in [2.05, 4.69) is 9.36 Å². The minimum atomic E-state index is -1.01. The molecule has 48 valence electrons. The zero-order valence-electron chi connectivity index (χ0n) is 5.66. The molecular weight excluding hydrogens is 163 g/mol. The summed E-state index contributed by atoms with van der Waals surface area (Å²) < 4.78 is 3.69. The van der Waals surface area contributed by atoms with Gasteiger partial charge in [0.25, 0.3) is 0 Å². The van der Waals surface area contributed by atoms with Crippen LogP contribution in [0.3, 0.4) is 0 Å². The normalized spacial score (nSPS) is 8.50. The number of hydrogen-bond acceptors (Lipinski definition) is 4. The van der Waals surface area contributed by atoms with Crippen LogP contribution in [-0.2, 0) is 0 Å². The quantitative estimate of drug-likeness (QED) is 0.471. The van der Waals surface area contributed by atoms with Crippen LogP contribution < -0.4 is 29.6 Å². The molecule has 1 aromatic rings. The number of aromatic carboxylic acids is 1. The second kappa shape index (κ2) is 4.02. The van der Waals surface area contributed by atoms with Gasteiger partial charge in [0, 0.05) is 0 Å². The van der Waals surface area contributed by atoms with Gasteiger partial charge in [-0.05, 0) is 18.5 Å². The Morgan fingerprint density at radius 1 is 1.70 bits per heavy atom. The van der Waals surface area contributed by atoms with Crippen molar-refractivity contribution in [1.82, 2.24) is 9.36 Å². The molecule has 1 heterocycles. The summed E-state index contributed by atoms with van der Waals surface area (Å²) in [6, 6.07) is 0. The molecule has 0 bridgehead atoms. The maximum Gasteiger partial charge on any atom is 1.00 e. The second-order valence-electron chi connectivity index (χ2n) is 1.45. The number of aromatic nitrogens is 2. The van der Waals surface area contributed by atoms with Gasteiger partial charge in [-0.2, -0.15) is 4.37 Å². The largest absolute Gasteiger partial charge is 1.00 e. The molecule has 1 rings (SSSR count). The van der Waals surface area contributed by atoms with Gasteiger partial charge in [0.15, 0.2) is 0 Å². The number of nitrogens with zero attached hydrogens (tertiary/aromatic N) is 2. The summed E-state index contributed by atoms with van der Waals surface area (Å²) in [5.74, 6) is -0.502. The maximum atomic E-state index is 10.1. The maximum absolute atomic E-state index is 10.1. The van der Waals surface area contributed by atoms with Crippen molar-refractivity contribution in [3.63, 3.8) is 0 Å². The van der Waals surface area contributed by atoms with Crippen molar-refractivity contribution in [1.29, 1.82) is 0 Å². The van der Waals surface area contributed by atoms with E-state index >= 15 is 0 Å². The SMILES string of the molecule is Cc1nsc(C(=O)O)n1.[Na+]. The average molecular weight is 167 g/mol. The number of carboxylic acids is 1. The monoisotopic (exact) mass is 167 g/mol. The molecule has 0 aromatic carbocycles. The molecule has 6 heteroatoms. The first-order chi connectivity index (χ1) is 4.20. The molecule has 0 atom stereocenters. The third kappa shape index (κ3) is 2.34. The van der Waals surface area contributed by atoms with Crippen molar-refractivity contribution in [2.24, 2.45) is 0 Å². The van der Waals surface area contributed by atoms with E-state index in [0.29, 0.717) is 5.82 Å². The Morgan fingerprint density at radius 2 is 2.30 bits per heavy atom. The predicted molar refractivity (Wildman–Crippen MR) is 31.6 cm³/mol. The number of aryl methyl sites for hydroxylation is 1. The van der Waals surface area contributed by atoms with Crippen molar-refractivity contribution in [3.05, 3.63) is 10.8 Å². The van der Waals surface area contributed by atoms with Crippen LogP contribution in [0.2, 0.25) is 0 Å². The Kier molecular flexibility index (Phi) is 4.04. The van der Waals surface area contributed by atoms with E-state index in [9.17, 15) is 4.79 Å². The average Bonchev–Trinajstić information content (AvgIpc) is 2.14. The molecule has 0 unspecified atom stereocenters. The summed E-state index contributed by atoms with van der Waals surface area (Å²) >= 11 is 0.897. The van der Waals surface area contributed by atoms with Crippen LogP contribution in [0.1, 0.15) is 15.6 Å². The van der Waals surface area contributed by atoms with Crippen LogP contribution >= 0.6 is 11.5 Å². The Labute approximate surface area is 83.8 Å². The summed E-state index contributed by atoms with van der Waals surface area (Å²) in [7, 11) is 0. The Bertz CT molecular complexity index is 237. The third-order valence-electron chi connectivity index (χ3n) is 0.711. The van der Waals surface area contributed by atoms with E-state index in [4.69, 9.17) is 5.11 Å². The van der Waals surface area contributed by atoms with Gasteiger partial charge in [-0.25, -0.2) is 9.78 Å². The molecular formula is C4H4N2NaO2S+. The Morgan fingerprint density at radius 3 is 2.50 bits per heavy atom. The molecule has 0 saturated heterocycles. The molecule has 0 aliphatic heterocycles. The van der Waals surface area contributed by atoms with Gasteiger partial charge in [-0.1, -0.05) is 0 Å². The summed E-state index contributed by atoms with van der Waals surface area (Å²) in [5.41, 5.74) is 0. The van der Waals surface area contributed by atoms with Crippen LogP contribution in [0.15, 0.2) is 0 Å². The number of rotatable bonds is 1.